The minimum atomic E-state index is -0.276. The molecule has 0 N–H and O–H groups in total. The van der Waals surface area contributed by atoms with Crippen molar-refractivity contribution in [2.45, 2.75) is 20.8 Å². The highest BCUT2D eigenvalue weighted by Gasteiger charge is 1.97. The molecular weight excluding hydrogens is 152 g/mol. The zero-order chi connectivity index (χ0) is 9.40. The number of rotatable bonds is 4. The minimum Gasteiger partial charge on any atom is -0.462 e. The first-order valence-corrected chi connectivity index (χ1v) is 4.13. The number of ether oxygens (including phenoxy) is 1. The van der Waals surface area contributed by atoms with Crippen LogP contribution < -0.4 is 0 Å². The quantitative estimate of drug-likeness (QED) is 0.366. The molecule has 0 rings (SSSR count). The van der Waals surface area contributed by atoms with Crippen molar-refractivity contribution < 1.29 is 9.53 Å². The van der Waals surface area contributed by atoms with Crippen LogP contribution in [0, 0.1) is 5.92 Å². The van der Waals surface area contributed by atoms with Gasteiger partial charge >= 0.3 is 5.97 Å². The third-order valence-corrected chi connectivity index (χ3v) is 1.09. The van der Waals surface area contributed by atoms with Crippen LogP contribution in [0.4, 0.5) is 0 Å². The van der Waals surface area contributed by atoms with Gasteiger partial charge in [-0.1, -0.05) is 32.1 Å². The van der Waals surface area contributed by atoms with Crippen LogP contribution in [0.1, 0.15) is 20.8 Å². The van der Waals surface area contributed by atoms with Crippen LogP contribution in [-0.4, -0.2) is 12.6 Å². The van der Waals surface area contributed by atoms with Crippen molar-refractivity contribution in [3.63, 3.8) is 0 Å². The van der Waals surface area contributed by atoms with E-state index in [0.717, 1.165) is 0 Å². The van der Waals surface area contributed by atoms with Gasteiger partial charge in [-0.2, -0.15) is 0 Å². The summed E-state index contributed by atoms with van der Waals surface area (Å²) in [6.45, 7) is 6.38. The number of carbonyl (C=O) groups is 1. The van der Waals surface area contributed by atoms with Crippen LogP contribution in [-0.2, 0) is 9.53 Å². The molecule has 0 spiro atoms. The number of esters is 1. The van der Waals surface area contributed by atoms with Gasteiger partial charge in [-0.15, -0.1) is 0 Å². The molecule has 0 unspecified atom stereocenters. The Morgan fingerprint density at radius 2 is 2.08 bits per heavy atom. The van der Waals surface area contributed by atoms with E-state index < -0.39 is 0 Å². The molecule has 0 bridgehead atoms. The van der Waals surface area contributed by atoms with Crippen molar-refractivity contribution in [2.75, 3.05) is 6.61 Å². The summed E-state index contributed by atoms with van der Waals surface area (Å²) in [6, 6.07) is 0. The Labute approximate surface area is 73.9 Å². The summed E-state index contributed by atoms with van der Waals surface area (Å²) in [4.78, 5) is 10.9. The molecule has 68 valence electrons. The average molecular weight is 168 g/mol. The van der Waals surface area contributed by atoms with E-state index in [2.05, 4.69) is 0 Å². The first kappa shape index (κ1) is 11.0. The van der Waals surface area contributed by atoms with E-state index in [9.17, 15) is 4.79 Å². The van der Waals surface area contributed by atoms with Gasteiger partial charge < -0.3 is 4.74 Å². The summed E-state index contributed by atoms with van der Waals surface area (Å²) in [7, 11) is 0. The molecule has 0 saturated carbocycles. The van der Waals surface area contributed by atoms with Crippen LogP contribution in [0.15, 0.2) is 24.3 Å². The molecular formula is C10H16O2. The van der Waals surface area contributed by atoms with E-state index >= 15 is 0 Å². The van der Waals surface area contributed by atoms with E-state index in [4.69, 9.17) is 4.74 Å². The summed E-state index contributed by atoms with van der Waals surface area (Å²) in [5, 5.41) is 0. The molecule has 0 amide bonds. The summed E-state index contributed by atoms with van der Waals surface area (Å²) in [5.74, 6) is 0.117. The Morgan fingerprint density at radius 3 is 2.58 bits per heavy atom. The van der Waals surface area contributed by atoms with E-state index in [0.29, 0.717) is 12.5 Å². The van der Waals surface area contributed by atoms with Crippen molar-refractivity contribution in [1.29, 1.82) is 0 Å². The fraction of sp³-hybridized carbons (Fsp3) is 0.500. The molecule has 2 heteroatoms. The van der Waals surface area contributed by atoms with E-state index in [1.54, 1.807) is 12.2 Å². The Bertz CT molecular complexity index is 178. The third kappa shape index (κ3) is 7.06. The number of carbonyl (C=O) groups excluding carboxylic acids is 1. The van der Waals surface area contributed by atoms with Crippen molar-refractivity contribution in [2.24, 2.45) is 5.92 Å². The maximum atomic E-state index is 10.9. The Morgan fingerprint density at radius 1 is 1.42 bits per heavy atom. The second-order valence-electron chi connectivity index (χ2n) is 2.91. The molecule has 0 aromatic rings. The number of hydrogen-bond acceptors (Lipinski definition) is 2. The van der Waals surface area contributed by atoms with Crippen molar-refractivity contribution in [1.82, 2.24) is 0 Å². The maximum absolute atomic E-state index is 10.9. The zero-order valence-corrected chi connectivity index (χ0v) is 7.91. The van der Waals surface area contributed by atoms with Gasteiger partial charge in [0.25, 0.3) is 0 Å². The molecule has 0 radical (unpaired) electrons. The molecule has 0 aliphatic carbocycles. The molecule has 0 saturated heterocycles. The largest absolute Gasteiger partial charge is 0.462 e. The Kier molecular flexibility index (Phi) is 6.07. The van der Waals surface area contributed by atoms with Crippen LogP contribution in [0.5, 0.6) is 0 Å². The predicted octanol–water partition coefficient (Wildman–Crippen LogP) is 2.32. The highest BCUT2D eigenvalue weighted by Crippen LogP contribution is 1.93. The Balaban J connectivity index is 3.59. The van der Waals surface area contributed by atoms with Gasteiger partial charge in [0.15, 0.2) is 0 Å². The molecule has 0 aliphatic heterocycles. The predicted molar refractivity (Wildman–Crippen MR) is 49.8 cm³/mol. The van der Waals surface area contributed by atoms with Gasteiger partial charge in [-0.05, 0) is 12.8 Å². The van der Waals surface area contributed by atoms with Gasteiger partial charge in [0.05, 0.1) is 6.61 Å². The van der Waals surface area contributed by atoms with E-state index in [1.165, 1.54) is 6.08 Å². The van der Waals surface area contributed by atoms with Gasteiger partial charge in [-0.3, -0.25) is 0 Å². The summed E-state index contributed by atoms with van der Waals surface area (Å²) < 4.78 is 4.89. The minimum absolute atomic E-state index is 0.276. The molecule has 12 heavy (non-hydrogen) atoms. The smallest absolute Gasteiger partial charge is 0.330 e. The first-order valence-electron chi connectivity index (χ1n) is 4.13. The summed E-state index contributed by atoms with van der Waals surface area (Å²) in [5.41, 5.74) is 0. The lowest BCUT2D eigenvalue weighted by Crippen LogP contribution is -2.06. The van der Waals surface area contributed by atoms with Crippen molar-refractivity contribution in [3.05, 3.63) is 24.3 Å². The summed E-state index contributed by atoms with van der Waals surface area (Å²) in [6.07, 6.45) is 6.73. The fourth-order valence-corrected chi connectivity index (χ4v) is 0.542. The third-order valence-electron chi connectivity index (χ3n) is 1.09. The van der Waals surface area contributed by atoms with Crippen molar-refractivity contribution in [3.8, 4) is 0 Å². The second-order valence-corrected chi connectivity index (χ2v) is 2.91. The van der Waals surface area contributed by atoms with Gasteiger partial charge in [0, 0.05) is 6.08 Å². The molecule has 0 fully saturated rings. The monoisotopic (exact) mass is 168 g/mol. The van der Waals surface area contributed by atoms with Crippen LogP contribution in [0.25, 0.3) is 0 Å². The number of allylic oxidation sites excluding steroid dienone is 3. The average Bonchev–Trinajstić information content (AvgIpc) is 2.01. The topological polar surface area (TPSA) is 26.3 Å². The highest BCUT2D eigenvalue weighted by molar-refractivity contribution is 5.82. The molecule has 0 aromatic heterocycles. The highest BCUT2D eigenvalue weighted by atomic mass is 16.5. The molecule has 0 aliphatic rings. The van der Waals surface area contributed by atoms with Crippen molar-refractivity contribution >= 4 is 5.97 Å². The lowest BCUT2D eigenvalue weighted by atomic mass is 10.2. The van der Waals surface area contributed by atoms with Crippen LogP contribution in [0.2, 0.25) is 0 Å². The maximum Gasteiger partial charge on any atom is 0.330 e. The first-order chi connectivity index (χ1) is 5.66. The van der Waals surface area contributed by atoms with E-state index in [1.807, 2.05) is 26.8 Å². The van der Waals surface area contributed by atoms with Gasteiger partial charge in [0.1, 0.15) is 0 Å². The van der Waals surface area contributed by atoms with Gasteiger partial charge in [-0.25, -0.2) is 4.79 Å². The Hall–Kier alpha value is -1.05. The molecule has 0 aromatic carbocycles. The number of hydrogen-bond donors (Lipinski definition) is 0. The fourth-order valence-electron chi connectivity index (χ4n) is 0.542. The normalized spacial score (nSPS) is 11.7. The zero-order valence-electron chi connectivity index (χ0n) is 7.91. The SMILES string of the molecule is C/C=C/C=CC(=O)OCC(C)C. The van der Waals surface area contributed by atoms with Gasteiger partial charge in [0.2, 0.25) is 0 Å². The lowest BCUT2D eigenvalue weighted by molar-refractivity contribution is -0.138. The second kappa shape index (κ2) is 6.65. The molecule has 0 heterocycles. The summed E-state index contributed by atoms with van der Waals surface area (Å²) >= 11 is 0. The van der Waals surface area contributed by atoms with E-state index in [-0.39, 0.29) is 5.97 Å². The van der Waals surface area contributed by atoms with Crippen LogP contribution in [0.3, 0.4) is 0 Å². The standard InChI is InChI=1S/C10H16O2/c1-4-5-6-7-10(11)12-8-9(2)3/h4-7,9H,8H2,1-3H3/b5-4+,7-6?. The van der Waals surface area contributed by atoms with Crippen LogP contribution >= 0.6 is 0 Å². The molecule has 0 atom stereocenters. The lowest BCUT2D eigenvalue weighted by Gasteiger charge is -2.03. The molecule has 2 nitrogen and oxygen atoms in total.